The van der Waals surface area contributed by atoms with Gasteiger partial charge in [-0.3, -0.25) is 4.68 Å². The Labute approximate surface area is 167 Å². The number of H-pyrrole nitrogens is 1. The number of aromatic amines is 1. The van der Waals surface area contributed by atoms with Gasteiger partial charge >= 0.3 is 0 Å². The number of aromatic nitrogens is 6. The molecular formula is C20H22N8O. The molecule has 1 atom stereocenters. The number of pyridine rings is 1. The van der Waals surface area contributed by atoms with E-state index < -0.39 is 0 Å². The Hall–Kier alpha value is -3.46. The van der Waals surface area contributed by atoms with Crippen LogP contribution in [0.2, 0.25) is 0 Å². The third-order valence-electron chi connectivity index (χ3n) is 5.04. The molecule has 0 unspecified atom stereocenters. The van der Waals surface area contributed by atoms with Crippen molar-refractivity contribution in [2.75, 3.05) is 18.8 Å². The van der Waals surface area contributed by atoms with Crippen molar-refractivity contribution in [2.45, 2.75) is 25.5 Å². The number of nitrogens with zero attached hydrogens (tertiary/aromatic N) is 5. The van der Waals surface area contributed by atoms with E-state index in [4.69, 9.17) is 10.5 Å². The molecule has 9 nitrogen and oxygen atoms in total. The molecule has 1 fully saturated rings. The predicted octanol–water partition coefficient (Wildman–Crippen LogP) is 1.51. The van der Waals surface area contributed by atoms with Crippen molar-refractivity contribution >= 4 is 17.0 Å². The number of hydrogen-bond acceptors (Lipinski definition) is 7. The summed E-state index contributed by atoms with van der Waals surface area (Å²) in [6.45, 7) is 2.60. The summed E-state index contributed by atoms with van der Waals surface area (Å²) in [5.41, 5.74) is 10.4. The minimum absolute atomic E-state index is 0.253. The van der Waals surface area contributed by atoms with Gasteiger partial charge in [-0.2, -0.15) is 5.10 Å². The minimum Gasteiger partial charge on any atom is -0.489 e. The third kappa shape index (κ3) is 3.90. The highest BCUT2D eigenvalue weighted by Gasteiger charge is 2.16. The summed E-state index contributed by atoms with van der Waals surface area (Å²) in [4.78, 5) is 4.20. The Kier molecular flexibility index (Phi) is 4.57. The van der Waals surface area contributed by atoms with Gasteiger partial charge < -0.3 is 15.8 Å². The number of fused-ring (bicyclic) bond motifs is 1. The van der Waals surface area contributed by atoms with E-state index in [1.807, 2.05) is 35.3 Å². The summed E-state index contributed by atoms with van der Waals surface area (Å²) >= 11 is 0. The van der Waals surface area contributed by atoms with Crippen molar-refractivity contribution in [3.05, 3.63) is 59.4 Å². The summed E-state index contributed by atoms with van der Waals surface area (Å²) in [6.07, 6.45) is 5.87. The van der Waals surface area contributed by atoms with Crippen LogP contribution in [0.25, 0.3) is 11.2 Å². The molecule has 9 heteroatoms. The van der Waals surface area contributed by atoms with Gasteiger partial charge in [0.1, 0.15) is 23.2 Å². The monoisotopic (exact) mass is 390 g/mol. The van der Waals surface area contributed by atoms with Gasteiger partial charge in [-0.15, -0.1) is 5.10 Å². The normalized spacial score (nSPS) is 16.5. The van der Waals surface area contributed by atoms with Gasteiger partial charge in [0.15, 0.2) is 5.65 Å². The molecule has 3 aromatic heterocycles. The fourth-order valence-corrected chi connectivity index (χ4v) is 3.69. The SMILES string of the molecule is Nc1cc(Cc2cnn(Cc3cccc(O[C@@H]4CCNC4)c3)c2)c2nn[nH]c2n1. The lowest BCUT2D eigenvalue weighted by molar-refractivity contribution is 0.223. The highest BCUT2D eigenvalue weighted by molar-refractivity contribution is 5.76. The quantitative estimate of drug-likeness (QED) is 0.456. The highest BCUT2D eigenvalue weighted by atomic mass is 16.5. The summed E-state index contributed by atoms with van der Waals surface area (Å²) < 4.78 is 7.98. The second-order valence-electron chi connectivity index (χ2n) is 7.32. The van der Waals surface area contributed by atoms with Crippen LogP contribution >= 0.6 is 0 Å². The maximum absolute atomic E-state index is 6.06. The Balaban J connectivity index is 1.29. The van der Waals surface area contributed by atoms with Crippen LogP contribution in [0.1, 0.15) is 23.1 Å². The lowest BCUT2D eigenvalue weighted by Gasteiger charge is -2.13. The highest BCUT2D eigenvalue weighted by Crippen LogP contribution is 2.20. The number of nitrogen functional groups attached to an aromatic ring is 1. The van der Waals surface area contributed by atoms with E-state index in [1.54, 1.807) is 0 Å². The average Bonchev–Trinajstić information content (AvgIpc) is 3.44. The molecule has 4 N–H and O–H groups in total. The summed E-state index contributed by atoms with van der Waals surface area (Å²) in [6, 6.07) is 10.0. The molecule has 1 aliphatic heterocycles. The molecule has 0 saturated carbocycles. The van der Waals surface area contributed by atoms with Gasteiger partial charge in [-0.25, -0.2) is 10.1 Å². The molecule has 0 aliphatic carbocycles. The molecule has 4 heterocycles. The van der Waals surface area contributed by atoms with Crippen LogP contribution < -0.4 is 15.8 Å². The first-order valence-corrected chi connectivity index (χ1v) is 9.67. The molecule has 0 bridgehead atoms. The van der Waals surface area contributed by atoms with Gasteiger partial charge in [0, 0.05) is 19.2 Å². The van der Waals surface area contributed by atoms with Crippen LogP contribution in [0.3, 0.4) is 0 Å². The number of nitrogens with two attached hydrogens (primary N) is 1. The number of rotatable bonds is 6. The van der Waals surface area contributed by atoms with Crippen LogP contribution in [0.5, 0.6) is 5.75 Å². The first-order valence-electron chi connectivity index (χ1n) is 9.67. The number of nitrogens with one attached hydrogen (secondary N) is 2. The summed E-state index contributed by atoms with van der Waals surface area (Å²) in [7, 11) is 0. The summed E-state index contributed by atoms with van der Waals surface area (Å²) in [5, 5.41) is 18.5. The van der Waals surface area contributed by atoms with Crippen LogP contribution in [0.4, 0.5) is 5.82 Å². The largest absolute Gasteiger partial charge is 0.489 e. The number of ether oxygens (including phenoxy) is 1. The molecule has 5 rings (SSSR count). The van der Waals surface area contributed by atoms with Crippen LogP contribution in [-0.2, 0) is 13.0 Å². The lowest BCUT2D eigenvalue weighted by atomic mass is 10.1. The van der Waals surface area contributed by atoms with Crippen molar-refractivity contribution < 1.29 is 4.74 Å². The first kappa shape index (κ1) is 17.6. The van der Waals surface area contributed by atoms with Crippen molar-refractivity contribution in [3.8, 4) is 5.75 Å². The molecule has 1 aliphatic rings. The van der Waals surface area contributed by atoms with Gasteiger partial charge in [-0.1, -0.05) is 17.3 Å². The van der Waals surface area contributed by atoms with E-state index in [0.29, 0.717) is 24.4 Å². The van der Waals surface area contributed by atoms with Crippen molar-refractivity contribution in [1.29, 1.82) is 0 Å². The Morgan fingerprint density at radius 1 is 1.24 bits per heavy atom. The van der Waals surface area contributed by atoms with Crippen LogP contribution in [-0.4, -0.2) is 49.4 Å². The third-order valence-corrected chi connectivity index (χ3v) is 5.04. The van der Waals surface area contributed by atoms with E-state index in [-0.39, 0.29) is 6.10 Å². The Bertz CT molecular complexity index is 1130. The smallest absolute Gasteiger partial charge is 0.178 e. The lowest BCUT2D eigenvalue weighted by Crippen LogP contribution is -2.19. The van der Waals surface area contributed by atoms with E-state index in [2.05, 4.69) is 42.9 Å². The molecule has 0 radical (unpaired) electrons. The standard InChI is InChI=1S/C20H22N8O/c21-18-8-15(19-20(24-18)26-27-25-19)6-14-9-23-28(12-14)11-13-2-1-3-16(7-13)29-17-4-5-22-10-17/h1-3,7-9,12,17,22H,4-6,10-11H2,(H3,21,24,25,26,27)/t17-/m1/s1. The predicted molar refractivity (Wildman–Crippen MR) is 109 cm³/mol. The van der Waals surface area contributed by atoms with E-state index in [1.165, 1.54) is 0 Å². The maximum Gasteiger partial charge on any atom is 0.178 e. The van der Waals surface area contributed by atoms with Gasteiger partial charge in [0.2, 0.25) is 0 Å². The van der Waals surface area contributed by atoms with Crippen molar-refractivity contribution in [2.24, 2.45) is 0 Å². The molecule has 4 aromatic rings. The van der Waals surface area contributed by atoms with E-state index in [9.17, 15) is 0 Å². The Morgan fingerprint density at radius 2 is 2.21 bits per heavy atom. The first-order chi connectivity index (χ1) is 14.2. The molecular weight excluding hydrogens is 368 g/mol. The molecule has 1 saturated heterocycles. The second kappa shape index (κ2) is 7.51. The van der Waals surface area contributed by atoms with E-state index >= 15 is 0 Å². The number of hydrogen-bond donors (Lipinski definition) is 3. The van der Waals surface area contributed by atoms with Crippen LogP contribution in [0, 0.1) is 0 Å². The molecule has 0 spiro atoms. The fraction of sp³-hybridized carbons (Fsp3) is 0.300. The summed E-state index contributed by atoms with van der Waals surface area (Å²) in [5.74, 6) is 1.35. The topological polar surface area (TPSA) is 120 Å². The Morgan fingerprint density at radius 3 is 3.10 bits per heavy atom. The molecule has 148 valence electrons. The zero-order valence-corrected chi connectivity index (χ0v) is 15.9. The maximum atomic E-state index is 6.06. The molecule has 29 heavy (non-hydrogen) atoms. The zero-order chi connectivity index (χ0) is 19.6. The van der Waals surface area contributed by atoms with E-state index in [0.717, 1.165) is 47.5 Å². The zero-order valence-electron chi connectivity index (χ0n) is 15.9. The molecule has 0 amide bonds. The van der Waals surface area contributed by atoms with Crippen molar-refractivity contribution in [3.63, 3.8) is 0 Å². The van der Waals surface area contributed by atoms with Gasteiger partial charge in [0.25, 0.3) is 0 Å². The van der Waals surface area contributed by atoms with Crippen LogP contribution in [0.15, 0.2) is 42.7 Å². The minimum atomic E-state index is 0.253. The number of anilines is 1. The van der Waals surface area contributed by atoms with Gasteiger partial charge in [-0.05, 0) is 47.9 Å². The van der Waals surface area contributed by atoms with Crippen molar-refractivity contribution in [1.82, 2.24) is 35.5 Å². The van der Waals surface area contributed by atoms with Gasteiger partial charge in [0.05, 0.1) is 12.7 Å². The second-order valence-corrected chi connectivity index (χ2v) is 7.32. The number of benzene rings is 1. The molecule has 1 aromatic carbocycles. The fourth-order valence-electron chi connectivity index (χ4n) is 3.69. The average molecular weight is 390 g/mol.